The van der Waals surface area contributed by atoms with Crippen molar-refractivity contribution in [2.24, 2.45) is 0 Å². The van der Waals surface area contributed by atoms with Crippen molar-refractivity contribution in [1.29, 1.82) is 0 Å². The average Bonchev–Trinajstić information content (AvgIpc) is 2.23. The monoisotopic (exact) mass is 234 g/mol. The first-order valence-electron chi connectivity index (χ1n) is 4.16. The van der Waals surface area contributed by atoms with Crippen molar-refractivity contribution >= 4 is 15.9 Å². The third kappa shape index (κ3) is 3.87. The minimum Gasteiger partial charge on any atom is -0.289 e. The Bertz CT molecular complexity index is 379. The molecule has 1 unspecified atom stereocenters. The van der Waals surface area contributed by atoms with Crippen LogP contribution in [0.1, 0.15) is 13.8 Å². The van der Waals surface area contributed by atoms with Crippen LogP contribution < -0.4 is 5.48 Å². The minimum atomic E-state index is -3.59. The third-order valence-corrected chi connectivity index (χ3v) is 3.61. The number of nitrogens with one attached hydrogen (secondary N) is 1. The number of carbonyl (C=O) groups excluding carboxylic acids is 1. The zero-order valence-corrected chi connectivity index (χ0v) is 9.63. The Morgan fingerprint density at radius 3 is 2.53 bits per heavy atom. The quantitative estimate of drug-likeness (QED) is 0.377. The van der Waals surface area contributed by atoms with Crippen LogP contribution in [-0.2, 0) is 14.8 Å². The van der Waals surface area contributed by atoms with Crippen LogP contribution in [0.2, 0.25) is 0 Å². The van der Waals surface area contributed by atoms with Gasteiger partial charge >= 0.3 is 0 Å². The van der Waals surface area contributed by atoms with Gasteiger partial charge in [-0.15, -0.1) is 5.92 Å². The van der Waals surface area contributed by atoms with Gasteiger partial charge in [-0.25, -0.2) is 13.9 Å². The summed E-state index contributed by atoms with van der Waals surface area (Å²) in [5, 5.41) is 8.35. The van der Waals surface area contributed by atoms with Gasteiger partial charge in [-0.05, 0) is 13.8 Å². The van der Waals surface area contributed by atoms with Gasteiger partial charge in [-0.1, -0.05) is 5.92 Å². The average molecular weight is 234 g/mol. The van der Waals surface area contributed by atoms with Crippen molar-refractivity contribution in [3.05, 3.63) is 0 Å². The molecule has 1 amide bonds. The highest BCUT2D eigenvalue weighted by atomic mass is 32.2. The van der Waals surface area contributed by atoms with Crippen molar-refractivity contribution in [2.75, 3.05) is 12.8 Å². The first kappa shape index (κ1) is 13.9. The number of likely N-dealkylation sites (N-methyl/N-ethyl adjacent to an activating group) is 1. The number of carbonyl (C=O) groups is 1. The molecule has 0 saturated carbocycles. The molecule has 0 radical (unpaired) electrons. The van der Waals surface area contributed by atoms with Gasteiger partial charge in [-0.2, -0.15) is 4.31 Å². The van der Waals surface area contributed by atoms with E-state index in [-0.39, 0.29) is 5.75 Å². The first-order valence-corrected chi connectivity index (χ1v) is 5.77. The highest BCUT2D eigenvalue weighted by Gasteiger charge is 2.27. The van der Waals surface area contributed by atoms with Crippen molar-refractivity contribution in [3.8, 4) is 11.8 Å². The molecule has 0 aliphatic rings. The largest absolute Gasteiger partial charge is 0.289 e. The van der Waals surface area contributed by atoms with E-state index in [1.807, 2.05) is 0 Å². The van der Waals surface area contributed by atoms with Gasteiger partial charge in [0.2, 0.25) is 10.0 Å². The van der Waals surface area contributed by atoms with Crippen molar-refractivity contribution in [3.63, 3.8) is 0 Å². The smallest absolute Gasteiger partial charge is 0.261 e. The molecule has 0 aromatic rings. The number of nitrogens with zero attached hydrogens (tertiary/aromatic N) is 1. The lowest BCUT2D eigenvalue weighted by Crippen LogP contribution is -2.45. The molecule has 0 aliphatic carbocycles. The number of sulfonamides is 1. The van der Waals surface area contributed by atoms with Gasteiger partial charge in [0.25, 0.3) is 5.91 Å². The van der Waals surface area contributed by atoms with Crippen molar-refractivity contribution in [1.82, 2.24) is 9.79 Å². The molecule has 15 heavy (non-hydrogen) atoms. The molecule has 7 heteroatoms. The van der Waals surface area contributed by atoms with E-state index in [0.717, 1.165) is 4.31 Å². The second-order valence-corrected chi connectivity index (χ2v) is 4.88. The fourth-order valence-corrected chi connectivity index (χ4v) is 1.87. The molecule has 6 nitrogen and oxygen atoms in total. The maximum absolute atomic E-state index is 11.5. The second-order valence-electron chi connectivity index (χ2n) is 2.85. The summed E-state index contributed by atoms with van der Waals surface area (Å²) < 4.78 is 23.9. The summed E-state index contributed by atoms with van der Waals surface area (Å²) in [6, 6.07) is -0.973. The van der Waals surface area contributed by atoms with Crippen LogP contribution in [0, 0.1) is 11.8 Å². The SMILES string of the molecule is CC#CCS(=O)(=O)N(C)C(C)C(=O)NO. The fraction of sp³-hybridized carbons (Fsp3) is 0.625. The van der Waals surface area contributed by atoms with Crippen LogP contribution in [0.5, 0.6) is 0 Å². The lowest BCUT2D eigenvalue weighted by molar-refractivity contribution is -0.132. The van der Waals surface area contributed by atoms with E-state index in [0.29, 0.717) is 0 Å². The summed E-state index contributed by atoms with van der Waals surface area (Å²) in [5.41, 5.74) is 1.39. The summed E-state index contributed by atoms with van der Waals surface area (Å²) >= 11 is 0. The van der Waals surface area contributed by atoms with Crippen LogP contribution in [0.25, 0.3) is 0 Å². The molecule has 0 aliphatic heterocycles. The van der Waals surface area contributed by atoms with Gasteiger partial charge < -0.3 is 0 Å². The Hall–Kier alpha value is -1.10. The molecule has 0 rings (SSSR count). The topological polar surface area (TPSA) is 86.7 Å². The van der Waals surface area contributed by atoms with E-state index in [1.54, 1.807) is 0 Å². The molecule has 0 aromatic carbocycles. The molecular weight excluding hydrogens is 220 g/mol. The molecule has 86 valence electrons. The molecule has 0 fully saturated rings. The molecule has 0 aromatic heterocycles. The maximum atomic E-state index is 11.5. The zero-order chi connectivity index (χ0) is 12.1. The minimum absolute atomic E-state index is 0.344. The summed E-state index contributed by atoms with van der Waals surface area (Å²) in [6.07, 6.45) is 0. The Morgan fingerprint density at radius 2 is 2.13 bits per heavy atom. The lowest BCUT2D eigenvalue weighted by Gasteiger charge is -2.21. The van der Waals surface area contributed by atoms with E-state index in [4.69, 9.17) is 5.21 Å². The molecule has 0 heterocycles. The van der Waals surface area contributed by atoms with Gasteiger partial charge in [0.15, 0.2) is 0 Å². The molecule has 2 N–H and O–H groups in total. The molecule has 1 atom stereocenters. The van der Waals surface area contributed by atoms with E-state index in [1.165, 1.54) is 26.4 Å². The predicted octanol–water partition coefficient (Wildman–Crippen LogP) is -0.835. The number of hydrogen-bond donors (Lipinski definition) is 2. The van der Waals surface area contributed by atoms with Gasteiger partial charge in [0.05, 0.1) is 0 Å². The van der Waals surface area contributed by atoms with Gasteiger partial charge in [0, 0.05) is 7.05 Å². The van der Waals surface area contributed by atoms with Crippen LogP contribution in [0.15, 0.2) is 0 Å². The maximum Gasteiger partial charge on any atom is 0.261 e. The van der Waals surface area contributed by atoms with E-state index < -0.39 is 22.0 Å². The summed E-state index contributed by atoms with van der Waals surface area (Å²) in [4.78, 5) is 11.0. The van der Waals surface area contributed by atoms with E-state index in [9.17, 15) is 13.2 Å². The molecule has 0 spiro atoms. The lowest BCUT2D eigenvalue weighted by atomic mass is 10.3. The molecule has 0 saturated heterocycles. The number of amides is 1. The van der Waals surface area contributed by atoms with E-state index in [2.05, 4.69) is 11.8 Å². The molecular formula is C8H14N2O4S. The van der Waals surface area contributed by atoms with Crippen molar-refractivity contribution < 1.29 is 18.4 Å². The van der Waals surface area contributed by atoms with Crippen LogP contribution in [-0.4, -0.2) is 42.7 Å². The van der Waals surface area contributed by atoms with Crippen LogP contribution >= 0.6 is 0 Å². The Balaban J connectivity index is 4.74. The predicted molar refractivity (Wildman–Crippen MR) is 54.4 cm³/mol. The van der Waals surface area contributed by atoms with Gasteiger partial charge in [-0.3, -0.25) is 10.0 Å². The van der Waals surface area contributed by atoms with Gasteiger partial charge in [0.1, 0.15) is 11.8 Å². The summed E-state index contributed by atoms with van der Waals surface area (Å²) in [5.74, 6) is 3.73. The number of hydroxylamine groups is 1. The van der Waals surface area contributed by atoms with Crippen LogP contribution in [0.3, 0.4) is 0 Å². The van der Waals surface area contributed by atoms with Crippen molar-refractivity contribution in [2.45, 2.75) is 19.9 Å². The Labute approximate surface area is 89.3 Å². The Morgan fingerprint density at radius 1 is 1.60 bits per heavy atom. The third-order valence-electron chi connectivity index (χ3n) is 1.91. The Kier molecular flexibility index (Phi) is 5.28. The highest BCUT2D eigenvalue weighted by Crippen LogP contribution is 2.04. The summed E-state index contributed by atoms with van der Waals surface area (Å²) in [7, 11) is -2.33. The van der Waals surface area contributed by atoms with Crippen LogP contribution in [0.4, 0.5) is 0 Å². The highest BCUT2D eigenvalue weighted by molar-refractivity contribution is 7.89. The first-order chi connectivity index (χ1) is 6.86. The fourth-order valence-electron chi connectivity index (χ4n) is 0.765. The zero-order valence-electron chi connectivity index (χ0n) is 8.81. The standard InChI is InChI=1S/C8H14N2O4S/c1-4-5-6-15(13,14)10(3)7(2)8(11)9-12/h7,12H,6H2,1-3H3,(H,9,11). The second kappa shape index (κ2) is 5.70. The number of hydrogen-bond acceptors (Lipinski definition) is 4. The molecule has 0 bridgehead atoms. The summed E-state index contributed by atoms with van der Waals surface area (Å²) in [6.45, 7) is 2.89. The normalized spacial score (nSPS) is 12.9. The van der Waals surface area contributed by atoms with E-state index >= 15 is 0 Å². The number of rotatable bonds is 4.